The maximum Gasteiger partial charge on any atom is 0.253 e. The van der Waals surface area contributed by atoms with Gasteiger partial charge in [0.1, 0.15) is 0 Å². The summed E-state index contributed by atoms with van der Waals surface area (Å²) in [4.78, 5) is 35.4. The summed E-state index contributed by atoms with van der Waals surface area (Å²) in [6.45, 7) is 1.14. The lowest BCUT2D eigenvalue weighted by Crippen LogP contribution is -2.42. The van der Waals surface area contributed by atoms with Crippen LogP contribution >= 0.6 is 0 Å². The molecule has 0 aliphatic carbocycles. The third-order valence-electron chi connectivity index (χ3n) is 5.80. The molecular formula is C24H21N3O2. The lowest BCUT2D eigenvalue weighted by molar-refractivity contribution is 0.0637. The van der Waals surface area contributed by atoms with Gasteiger partial charge in [-0.05, 0) is 41.8 Å². The summed E-state index contributed by atoms with van der Waals surface area (Å²) in [5.41, 5.74) is 3.06. The van der Waals surface area contributed by atoms with Gasteiger partial charge in [0.15, 0.2) is 5.78 Å². The van der Waals surface area contributed by atoms with E-state index in [4.69, 9.17) is 0 Å². The molecule has 4 aromatic rings. The summed E-state index contributed by atoms with van der Waals surface area (Å²) in [5.74, 6) is -0.0744. The van der Waals surface area contributed by atoms with E-state index >= 15 is 0 Å². The third-order valence-corrected chi connectivity index (χ3v) is 5.80. The molecular weight excluding hydrogens is 362 g/mol. The molecule has 5 heteroatoms. The number of nitrogens with zero attached hydrogens (tertiary/aromatic N) is 2. The Morgan fingerprint density at radius 1 is 1.03 bits per heavy atom. The van der Waals surface area contributed by atoms with E-state index in [1.54, 1.807) is 6.33 Å². The second kappa shape index (κ2) is 7.17. The number of amides is 1. The summed E-state index contributed by atoms with van der Waals surface area (Å²) in [6, 6.07) is 19.3. The van der Waals surface area contributed by atoms with Crippen molar-refractivity contribution in [1.29, 1.82) is 0 Å². The molecule has 5 rings (SSSR count). The molecule has 2 heterocycles. The molecule has 1 aliphatic rings. The molecule has 1 fully saturated rings. The average molecular weight is 383 g/mol. The normalized spacial score (nSPS) is 17.0. The topological polar surface area (TPSA) is 66.1 Å². The second-order valence-corrected chi connectivity index (χ2v) is 7.62. The molecule has 0 unspecified atom stereocenters. The molecule has 1 amide bonds. The fourth-order valence-corrected chi connectivity index (χ4v) is 4.29. The minimum atomic E-state index is -0.172. The first-order valence-corrected chi connectivity index (χ1v) is 9.95. The highest BCUT2D eigenvalue weighted by Crippen LogP contribution is 2.27. The highest BCUT2D eigenvalue weighted by atomic mass is 16.2. The zero-order valence-corrected chi connectivity index (χ0v) is 16.0. The smallest absolute Gasteiger partial charge is 0.253 e. The predicted octanol–water partition coefficient (Wildman–Crippen LogP) is 4.45. The Morgan fingerprint density at radius 2 is 1.90 bits per heavy atom. The van der Waals surface area contributed by atoms with Crippen LogP contribution in [0.15, 0.2) is 67.0 Å². The number of Topliss-reactive ketones (excluding diaryl/α,β-unsaturated/α-hetero) is 1. The number of likely N-dealkylation sites (tertiary alicyclic amines) is 1. The lowest BCUT2D eigenvalue weighted by atomic mass is 9.87. The number of hydrogen-bond donors (Lipinski definition) is 1. The Hall–Kier alpha value is -3.47. The molecule has 1 aromatic heterocycles. The maximum atomic E-state index is 13.3. The van der Waals surface area contributed by atoms with Gasteiger partial charge in [0.2, 0.25) is 0 Å². The highest BCUT2D eigenvalue weighted by molar-refractivity contribution is 6.09. The van der Waals surface area contributed by atoms with Crippen LogP contribution in [-0.2, 0) is 0 Å². The summed E-state index contributed by atoms with van der Waals surface area (Å²) in [5, 5.41) is 2.04. The molecule has 0 saturated carbocycles. The predicted molar refractivity (Wildman–Crippen MR) is 113 cm³/mol. The van der Waals surface area contributed by atoms with Crippen LogP contribution in [0.1, 0.15) is 33.6 Å². The van der Waals surface area contributed by atoms with Gasteiger partial charge in [-0.15, -0.1) is 0 Å². The van der Waals surface area contributed by atoms with E-state index in [2.05, 4.69) is 9.97 Å². The average Bonchev–Trinajstić information content (AvgIpc) is 3.26. The number of carbonyl (C=O) groups is 2. The highest BCUT2D eigenvalue weighted by Gasteiger charge is 2.30. The van der Waals surface area contributed by atoms with Crippen LogP contribution in [-0.4, -0.2) is 39.6 Å². The third kappa shape index (κ3) is 3.18. The number of imidazole rings is 1. The Labute approximate surface area is 168 Å². The minimum absolute atomic E-state index is 0.0306. The monoisotopic (exact) mass is 383 g/mol. The number of fused-ring (bicyclic) bond motifs is 2. The van der Waals surface area contributed by atoms with Gasteiger partial charge >= 0.3 is 0 Å². The standard InChI is InChI=1S/C24H21N3O2/c28-23(20-9-3-6-16-5-1-2-8-19(16)20)18-7-4-12-27(14-18)24(29)17-10-11-21-22(13-17)26-15-25-21/h1-3,5-6,8-11,13,15,18H,4,7,12,14H2,(H,25,26)/t18-/m0/s1. The van der Waals surface area contributed by atoms with Crippen molar-refractivity contribution in [2.75, 3.05) is 13.1 Å². The number of ketones is 1. The first-order chi connectivity index (χ1) is 14.2. The molecule has 5 nitrogen and oxygen atoms in total. The van der Waals surface area contributed by atoms with Gasteiger partial charge in [0, 0.05) is 30.1 Å². The number of piperidine rings is 1. The lowest BCUT2D eigenvalue weighted by Gasteiger charge is -2.32. The summed E-state index contributed by atoms with van der Waals surface area (Å²) in [7, 11) is 0. The fourth-order valence-electron chi connectivity index (χ4n) is 4.29. The second-order valence-electron chi connectivity index (χ2n) is 7.62. The molecule has 1 atom stereocenters. The first kappa shape index (κ1) is 17.6. The van der Waals surface area contributed by atoms with E-state index in [9.17, 15) is 9.59 Å². The zero-order valence-electron chi connectivity index (χ0n) is 16.0. The molecule has 3 aromatic carbocycles. The Bertz CT molecular complexity index is 1220. The van der Waals surface area contributed by atoms with Gasteiger partial charge in [-0.1, -0.05) is 42.5 Å². The number of carbonyl (C=O) groups excluding carboxylic acids is 2. The number of aromatic nitrogens is 2. The Kier molecular flexibility index (Phi) is 4.35. The van der Waals surface area contributed by atoms with Crippen LogP contribution in [0.2, 0.25) is 0 Å². The van der Waals surface area contributed by atoms with Gasteiger partial charge in [-0.2, -0.15) is 0 Å². The van der Waals surface area contributed by atoms with Crippen molar-refractivity contribution in [3.63, 3.8) is 0 Å². The maximum absolute atomic E-state index is 13.3. The molecule has 144 valence electrons. The van der Waals surface area contributed by atoms with Crippen LogP contribution in [0, 0.1) is 5.92 Å². The van der Waals surface area contributed by atoms with Crippen LogP contribution < -0.4 is 0 Å². The summed E-state index contributed by atoms with van der Waals surface area (Å²) in [6.07, 6.45) is 3.27. The summed E-state index contributed by atoms with van der Waals surface area (Å²) < 4.78 is 0. The van der Waals surface area contributed by atoms with Crippen molar-refractivity contribution in [2.45, 2.75) is 12.8 Å². The van der Waals surface area contributed by atoms with Crippen molar-refractivity contribution in [1.82, 2.24) is 14.9 Å². The van der Waals surface area contributed by atoms with Crippen LogP contribution in [0.4, 0.5) is 0 Å². The molecule has 0 bridgehead atoms. The quantitative estimate of drug-likeness (QED) is 0.532. The van der Waals surface area contributed by atoms with E-state index in [1.165, 1.54) is 0 Å². The number of benzene rings is 3. The number of nitrogens with one attached hydrogen (secondary N) is 1. The Balaban J connectivity index is 1.39. The van der Waals surface area contributed by atoms with Crippen molar-refractivity contribution < 1.29 is 9.59 Å². The number of H-pyrrole nitrogens is 1. The van der Waals surface area contributed by atoms with Crippen molar-refractivity contribution in [2.24, 2.45) is 5.92 Å². The van der Waals surface area contributed by atoms with Gasteiger partial charge in [0.05, 0.1) is 17.4 Å². The van der Waals surface area contributed by atoms with Crippen LogP contribution in [0.3, 0.4) is 0 Å². The SMILES string of the molecule is O=C(c1cccc2ccccc12)[C@H]1CCCN(C(=O)c2ccc3nc[nH]c3c2)C1. The van der Waals surface area contributed by atoms with Gasteiger partial charge in [-0.25, -0.2) is 4.98 Å². The molecule has 0 radical (unpaired) electrons. The van der Waals surface area contributed by atoms with Crippen LogP contribution in [0.5, 0.6) is 0 Å². The van der Waals surface area contributed by atoms with Gasteiger partial charge < -0.3 is 9.88 Å². The summed E-state index contributed by atoms with van der Waals surface area (Å²) >= 11 is 0. The van der Waals surface area contributed by atoms with Crippen molar-refractivity contribution in [3.05, 3.63) is 78.1 Å². The minimum Gasteiger partial charge on any atom is -0.345 e. The van der Waals surface area contributed by atoms with Crippen molar-refractivity contribution >= 4 is 33.5 Å². The molecule has 1 aliphatic heterocycles. The Morgan fingerprint density at radius 3 is 2.83 bits per heavy atom. The molecule has 29 heavy (non-hydrogen) atoms. The van der Waals surface area contributed by atoms with Gasteiger partial charge in [0.25, 0.3) is 5.91 Å². The van der Waals surface area contributed by atoms with E-state index in [-0.39, 0.29) is 17.6 Å². The van der Waals surface area contributed by atoms with Crippen molar-refractivity contribution in [3.8, 4) is 0 Å². The fraction of sp³-hybridized carbons (Fsp3) is 0.208. The molecule has 1 N–H and O–H groups in total. The first-order valence-electron chi connectivity index (χ1n) is 9.95. The largest absolute Gasteiger partial charge is 0.345 e. The van der Waals surface area contributed by atoms with Crippen LogP contribution in [0.25, 0.3) is 21.8 Å². The van der Waals surface area contributed by atoms with E-state index in [0.29, 0.717) is 18.7 Å². The number of hydrogen-bond acceptors (Lipinski definition) is 3. The molecule has 1 saturated heterocycles. The number of rotatable bonds is 3. The van der Waals surface area contributed by atoms with E-state index < -0.39 is 0 Å². The number of aromatic amines is 1. The van der Waals surface area contributed by atoms with Gasteiger partial charge in [-0.3, -0.25) is 9.59 Å². The molecule has 0 spiro atoms. The van der Waals surface area contributed by atoms with E-state index in [1.807, 2.05) is 65.6 Å². The van der Waals surface area contributed by atoms with E-state index in [0.717, 1.165) is 40.2 Å². The zero-order chi connectivity index (χ0) is 19.8.